The molecule has 3 aromatic rings. The second-order valence-electron chi connectivity index (χ2n) is 9.51. The molecule has 2 unspecified atom stereocenters. The molecule has 1 amide bonds. The van der Waals surface area contributed by atoms with Gasteiger partial charge in [0.05, 0.1) is 11.6 Å². The molecular weight excluding hydrogens is 468 g/mol. The number of carbonyl (C=O) groups excluding carboxylic acids is 1. The van der Waals surface area contributed by atoms with Gasteiger partial charge in [0.2, 0.25) is 5.91 Å². The molecule has 0 saturated heterocycles. The second kappa shape index (κ2) is 11.7. The number of hydrogen-bond donors (Lipinski definition) is 2. The van der Waals surface area contributed by atoms with Gasteiger partial charge in [-0.1, -0.05) is 54.1 Å². The van der Waals surface area contributed by atoms with E-state index in [-0.39, 0.29) is 11.9 Å². The number of carbonyl (C=O) groups is 1. The van der Waals surface area contributed by atoms with E-state index < -0.39 is 0 Å². The molecule has 2 aliphatic rings. The molecule has 0 bridgehead atoms. The largest absolute Gasteiger partial charge is 0.384 e. The van der Waals surface area contributed by atoms with Crippen molar-refractivity contribution in [2.75, 3.05) is 29.9 Å². The van der Waals surface area contributed by atoms with Crippen molar-refractivity contribution in [3.8, 4) is 0 Å². The number of para-hydroxylation sites is 1. The zero-order valence-corrected chi connectivity index (χ0v) is 21.3. The van der Waals surface area contributed by atoms with Gasteiger partial charge in [0.1, 0.15) is 0 Å². The molecule has 186 valence electrons. The van der Waals surface area contributed by atoms with E-state index in [1.807, 2.05) is 41.4 Å². The van der Waals surface area contributed by atoms with Crippen LogP contribution in [0, 0.1) is 5.92 Å². The van der Waals surface area contributed by atoms with E-state index in [2.05, 4.69) is 58.1 Å². The van der Waals surface area contributed by atoms with Gasteiger partial charge in [-0.25, -0.2) is 0 Å². The first kappa shape index (κ1) is 24.5. The maximum absolute atomic E-state index is 13.4. The van der Waals surface area contributed by atoms with Crippen LogP contribution in [0.1, 0.15) is 31.2 Å². The Kier molecular flexibility index (Phi) is 7.99. The summed E-state index contributed by atoms with van der Waals surface area (Å²) in [6.07, 6.45) is 15.1. The lowest BCUT2D eigenvalue weighted by molar-refractivity contribution is -0.119. The minimum atomic E-state index is 0.109. The first-order chi connectivity index (χ1) is 17.7. The highest BCUT2D eigenvalue weighted by Crippen LogP contribution is 2.35. The summed E-state index contributed by atoms with van der Waals surface area (Å²) in [4.78, 5) is 19.8. The number of halogens is 1. The van der Waals surface area contributed by atoms with Crippen LogP contribution in [0.2, 0.25) is 5.02 Å². The number of pyridine rings is 1. The number of nitrogens with one attached hydrogen (secondary N) is 2. The molecular formula is C30H33ClN4O. The van der Waals surface area contributed by atoms with E-state index in [0.29, 0.717) is 23.9 Å². The molecule has 0 fully saturated rings. The highest BCUT2D eigenvalue weighted by atomic mass is 35.5. The van der Waals surface area contributed by atoms with Gasteiger partial charge in [-0.3, -0.25) is 9.78 Å². The van der Waals surface area contributed by atoms with Crippen molar-refractivity contribution in [1.82, 2.24) is 10.3 Å². The molecule has 2 heterocycles. The molecule has 5 rings (SSSR count). The fourth-order valence-electron chi connectivity index (χ4n) is 5.24. The Bertz CT molecular complexity index is 1270. The molecule has 1 aliphatic heterocycles. The number of allylic oxidation sites excluding steroid dienone is 2. The van der Waals surface area contributed by atoms with E-state index in [1.165, 1.54) is 5.56 Å². The lowest BCUT2D eigenvalue weighted by Gasteiger charge is -2.34. The number of anilines is 2. The van der Waals surface area contributed by atoms with E-state index >= 15 is 0 Å². The van der Waals surface area contributed by atoms with Crippen LogP contribution in [0.4, 0.5) is 11.4 Å². The van der Waals surface area contributed by atoms with Crippen LogP contribution in [-0.2, 0) is 11.2 Å². The van der Waals surface area contributed by atoms with Gasteiger partial charge in [0, 0.05) is 53.4 Å². The maximum atomic E-state index is 13.4. The average Bonchev–Trinajstić information content (AvgIpc) is 3.07. The van der Waals surface area contributed by atoms with Crippen molar-refractivity contribution in [3.63, 3.8) is 0 Å². The SMILES string of the molecule is O=C(CCNCCCCNc1ccnc2cc(Cl)ccc12)N1c2ccccc2CCC2C=CC=CC21. The zero-order chi connectivity index (χ0) is 24.7. The summed E-state index contributed by atoms with van der Waals surface area (Å²) in [5, 5.41) is 8.77. The van der Waals surface area contributed by atoms with Gasteiger partial charge >= 0.3 is 0 Å². The summed E-state index contributed by atoms with van der Waals surface area (Å²) < 4.78 is 0. The molecule has 0 radical (unpaired) electrons. The molecule has 2 N–H and O–H groups in total. The molecule has 2 aromatic carbocycles. The molecule has 1 aliphatic carbocycles. The predicted molar refractivity (Wildman–Crippen MR) is 150 cm³/mol. The van der Waals surface area contributed by atoms with Crippen molar-refractivity contribution >= 4 is 39.8 Å². The van der Waals surface area contributed by atoms with Crippen molar-refractivity contribution < 1.29 is 4.79 Å². The van der Waals surface area contributed by atoms with Crippen LogP contribution in [0.5, 0.6) is 0 Å². The van der Waals surface area contributed by atoms with Gasteiger partial charge < -0.3 is 15.5 Å². The average molecular weight is 501 g/mol. The number of benzene rings is 2. The minimum absolute atomic E-state index is 0.109. The number of fused-ring (bicyclic) bond motifs is 3. The molecule has 6 heteroatoms. The Morgan fingerprint density at radius 3 is 2.83 bits per heavy atom. The first-order valence-corrected chi connectivity index (χ1v) is 13.3. The van der Waals surface area contributed by atoms with Gasteiger partial charge in [0.25, 0.3) is 0 Å². The molecule has 2 atom stereocenters. The van der Waals surface area contributed by atoms with Crippen LogP contribution in [0.3, 0.4) is 0 Å². The molecule has 0 spiro atoms. The van der Waals surface area contributed by atoms with Gasteiger partial charge in [-0.15, -0.1) is 0 Å². The number of nitrogens with zero attached hydrogens (tertiary/aromatic N) is 2. The molecule has 1 aromatic heterocycles. The van der Waals surface area contributed by atoms with E-state index in [1.54, 1.807) is 0 Å². The number of amides is 1. The smallest absolute Gasteiger partial charge is 0.228 e. The first-order valence-electron chi connectivity index (χ1n) is 12.9. The van der Waals surface area contributed by atoms with Crippen LogP contribution in [-0.4, -0.2) is 36.6 Å². The fraction of sp³-hybridized carbons (Fsp3) is 0.333. The number of hydrogen-bond acceptors (Lipinski definition) is 4. The van der Waals surface area contributed by atoms with E-state index in [4.69, 9.17) is 11.6 Å². The summed E-state index contributed by atoms with van der Waals surface area (Å²) in [6, 6.07) is 16.3. The Labute approximate surface area is 218 Å². The van der Waals surface area contributed by atoms with Crippen LogP contribution < -0.4 is 15.5 Å². The van der Waals surface area contributed by atoms with Gasteiger partial charge in [-0.05, 0) is 68.1 Å². The molecule has 0 saturated carbocycles. The Morgan fingerprint density at radius 1 is 1.03 bits per heavy atom. The monoisotopic (exact) mass is 500 g/mol. The zero-order valence-electron chi connectivity index (χ0n) is 20.5. The van der Waals surface area contributed by atoms with Gasteiger partial charge in [-0.2, -0.15) is 0 Å². The highest BCUT2D eigenvalue weighted by Gasteiger charge is 2.33. The normalized spacial score (nSPS) is 18.5. The quantitative estimate of drug-likeness (QED) is 0.346. The summed E-state index contributed by atoms with van der Waals surface area (Å²) in [5.74, 6) is 0.569. The van der Waals surface area contributed by atoms with Crippen molar-refractivity contribution in [2.45, 2.75) is 38.1 Å². The van der Waals surface area contributed by atoms with Crippen molar-refractivity contribution in [1.29, 1.82) is 0 Å². The number of aromatic nitrogens is 1. The summed E-state index contributed by atoms with van der Waals surface area (Å²) in [5.41, 5.74) is 4.33. The lowest BCUT2D eigenvalue weighted by Crippen LogP contribution is -2.44. The predicted octanol–water partition coefficient (Wildman–Crippen LogP) is 6.15. The Morgan fingerprint density at radius 2 is 1.89 bits per heavy atom. The standard InChI is InChI=1S/C30H33ClN4O/c31-24-13-14-25-26(15-20-34-27(25)21-24)33-18-6-5-17-32-19-16-30(36)35-28-9-3-1-7-22(28)11-12-23-8-2-4-10-29(23)35/h1-4,7-10,13-15,20-22,28,32H,5-6,11-12,16-19H2,(H,33,34). The van der Waals surface area contributed by atoms with E-state index in [0.717, 1.165) is 61.1 Å². The minimum Gasteiger partial charge on any atom is -0.384 e. The second-order valence-corrected chi connectivity index (χ2v) is 9.95. The third-order valence-electron chi connectivity index (χ3n) is 7.10. The van der Waals surface area contributed by atoms with Crippen LogP contribution in [0.15, 0.2) is 79.0 Å². The molecule has 36 heavy (non-hydrogen) atoms. The lowest BCUT2D eigenvalue weighted by atomic mass is 9.90. The summed E-state index contributed by atoms with van der Waals surface area (Å²) in [7, 11) is 0. The third kappa shape index (κ3) is 5.63. The van der Waals surface area contributed by atoms with Crippen molar-refractivity contribution in [2.24, 2.45) is 5.92 Å². The van der Waals surface area contributed by atoms with Crippen LogP contribution in [0.25, 0.3) is 10.9 Å². The molecule has 5 nitrogen and oxygen atoms in total. The number of rotatable bonds is 9. The number of unbranched alkanes of at least 4 members (excludes halogenated alkanes) is 1. The van der Waals surface area contributed by atoms with Crippen molar-refractivity contribution in [3.05, 3.63) is 89.6 Å². The Hall–Kier alpha value is -3.15. The Balaban J connectivity index is 1.07. The summed E-state index contributed by atoms with van der Waals surface area (Å²) >= 11 is 6.08. The van der Waals surface area contributed by atoms with Crippen LogP contribution >= 0.6 is 11.6 Å². The maximum Gasteiger partial charge on any atom is 0.228 e. The van der Waals surface area contributed by atoms with E-state index in [9.17, 15) is 4.79 Å². The third-order valence-corrected chi connectivity index (χ3v) is 7.33. The van der Waals surface area contributed by atoms with Gasteiger partial charge in [0.15, 0.2) is 0 Å². The number of aryl methyl sites for hydroxylation is 1. The highest BCUT2D eigenvalue weighted by molar-refractivity contribution is 6.31. The summed E-state index contributed by atoms with van der Waals surface area (Å²) in [6.45, 7) is 2.47. The fourth-order valence-corrected chi connectivity index (χ4v) is 5.41. The topological polar surface area (TPSA) is 57.3 Å².